The van der Waals surface area contributed by atoms with Crippen molar-refractivity contribution in [1.82, 2.24) is 0 Å². The lowest BCUT2D eigenvalue weighted by Gasteiger charge is -2.00. The van der Waals surface area contributed by atoms with E-state index in [0.717, 1.165) is 17.3 Å². The Hall–Kier alpha value is -1.73. The van der Waals surface area contributed by atoms with Gasteiger partial charge >= 0.3 is 5.97 Å². The van der Waals surface area contributed by atoms with Crippen LogP contribution in [0.2, 0.25) is 0 Å². The minimum absolute atomic E-state index is 0.251. The molecule has 0 aliphatic carbocycles. The van der Waals surface area contributed by atoms with Gasteiger partial charge < -0.3 is 4.74 Å². The van der Waals surface area contributed by atoms with Gasteiger partial charge in [-0.15, -0.1) is 0 Å². The Kier molecular flexibility index (Phi) is 5.06. The van der Waals surface area contributed by atoms with Crippen molar-refractivity contribution in [3.8, 4) is 5.40 Å². The van der Waals surface area contributed by atoms with Crippen molar-refractivity contribution in [2.24, 2.45) is 0 Å². The Morgan fingerprint density at radius 3 is 2.87 bits per heavy atom. The molecule has 76 valence electrons. The van der Waals surface area contributed by atoms with Crippen molar-refractivity contribution >= 4 is 17.7 Å². The second-order valence-corrected chi connectivity index (χ2v) is 3.30. The van der Waals surface area contributed by atoms with Gasteiger partial charge in [-0.25, -0.2) is 4.79 Å². The Balaban J connectivity index is 2.32. The van der Waals surface area contributed by atoms with E-state index in [-0.39, 0.29) is 6.61 Å². The maximum atomic E-state index is 11.1. The van der Waals surface area contributed by atoms with Crippen molar-refractivity contribution in [3.63, 3.8) is 0 Å². The number of esters is 1. The summed E-state index contributed by atoms with van der Waals surface area (Å²) in [7, 11) is 0. The average molecular weight is 219 g/mol. The molecule has 0 spiro atoms. The first-order valence-corrected chi connectivity index (χ1v) is 5.13. The molecule has 1 rings (SSSR count). The number of nitrogens with zero attached hydrogens (tertiary/aromatic N) is 1. The van der Waals surface area contributed by atoms with Crippen LogP contribution in [0.3, 0.4) is 0 Å². The summed E-state index contributed by atoms with van der Waals surface area (Å²) in [6.45, 7) is 0.251. The second kappa shape index (κ2) is 6.68. The molecule has 15 heavy (non-hydrogen) atoms. The van der Waals surface area contributed by atoms with E-state index in [1.54, 1.807) is 0 Å². The van der Waals surface area contributed by atoms with Crippen LogP contribution in [0.15, 0.2) is 41.8 Å². The summed E-state index contributed by atoms with van der Waals surface area (Å²) in [6, 6.07) is 9.41. The fraction of sp³-hybridized carbons (Fsp3) is 0.0909. The normalized spacial score (nSPS) is 9.80. The Bertz CT molecular complexity index is 381. The monoisotopic (exact) mass is 219 g/mol. The average Bonchev–Trinajstić information content (AvgIpc) is 2.28. The highest BCUT2D eigenvalue weighted by atomic mass is 32.2. The number of benzene rings is 1. The maximum absolute atomic E-state index is 11.1. The number of thioether (sulfide) groups is 1. The summed E-state index contributed by atoms with van der Waals surface area (Å²) in [5, 5.41) is 11.4. The van der Waals surface area contributed by atoms with Gasteiger partial charge in [0.2, 0.25) is 0 Å². The summed E-state index contributed by atoms with van der Waals surface area (Å²) >= 11 is 0.882. The van der Waals surface area contributed by atoms with Gasteiger partial charge in [-0.05, 0) is 22.7 Å². The lowest BCUT2D eigenvalue weighted by Crippen LogP contribution is -2.00. The standard InChI is InChI=1S/C11H9NO2S/c12-9-15-7-6-11(13)14-8-10-4-2-1-3-5-10/h1-7H,8H2/b7-6+. The minimum atomic E-state index is -0.443. The summed E-state index contributed by atoms with van der Waals surface area (Å²) in [5.74, 6) is -0.443. The molecule has 0 bridgehead atoms. The van der Waals surface area contributed by atoms with Crippen LogP contribution in [0.4, 0.5) is 0 Å². The van der Waals surface area contributed by atoms with E-state index < -0.39 is 5.97 Å². The summed E-state index contributed by atoms with van der Waals surface area (Å²) in [6.07, 6.45) is 1.23. The maximum Gasteiger partial charge on any atom is 0.331 e. The van der Waals surface area contributed by atoms with Crippen molar-refractivity contribution < 1.29 is 9.53 Å². The molecule has 0 fully saturated rings. The summed E-state index contributed by atoms with van der Waals surface area (Å²) in [5.41, 5.74) is 0.937. The minimum Gasteiger partial charge on any atom is -0.458 e. The van der Waals surface area contributed by atoms with Crippen LogP contribution in [0.25, 0.3) is 0 Å². The Morgan fingerprint density at radius 2 is 2.20 bits per heavy atom. The van der Waals surface area contributed by atoms with Crippen molar-refractivity contribution in [2.75, 3.05) is 0 Å². The van der Waals surface area contributed by atoms with Gasteiger partial charge in [0.15, 0.2) is 0 Å². The third-order valence-electron chi connectivity index (χ3n) is 1.55. The lowest BCUT2D eigenvalue weighted by molar-refractivity contribution is -0.138. The second-order valence-electron chi connectivity index (χ2n) is 2.61. The molecule has 1 aromatic carbocycles. The molecule has 0 atom stereocenters. The number of carbonyl (C=O) groups excluding carboxylic acids is 1. The van der Waals surface area contributed by atoms with Crippen LogP contribution in [0.1, 0.15) is 5.56 Å². The highest BCUT2D eigenvalue weighted by molar-refractivity contribution is 8.06. The molecule has 0 aliphatic rings. The molecular formula is C11H9NO2S. The SMILES string of the molecule is N#CS/C=C/C(=O)OCc1ccccc1. The van der Waals surface area contributed by atoms with E-state index in [0.29, 0.717) is 0 Å². The fourth-order valence-electron chi connectivity index (χ4n) is 0.897. The zero-order valence-corrected chi connectivity index (χ0v) is 8.74. The van der Waals surface area contributed by atoms with Gasteiger partial charge in [-0.2, -0.15) is 5.26 Å². The number of nitriles is 1. The Morgan fingerprint density at radius 1 is 1.47 bits per heavy atom. The quantitative estimate of drug-likeness (QED) is 0.443. The van der Waals surface area contributed by atoms with Crippen molar-refractivity contribution in [1.29, 1.82) is 5.26 Å². The molecule has 0 amide bonds. The van der Waals surface area contributed by atoms with Gasteiger partial charge in [-0.3, -0.25) is 0 Å². The zero-order valence-electron chi connectivity index (χ0n) is 7.92. The lowest BCUT2D eigenvalue weighted by atomic mass is 10.2. The van der Waals surface area contributed by atoms with Crippen LogP contribution < -0.4 is 0 Å². The molecule has 4 heteroatoms. The van der Waals surface area contributed by atoms with Gasteiger partial charge in [0, 0.05) is 6.08 Å². The van der Waals surface area contributed by atoms with Crippen LogP contribution in [-0.2, 0) is 16.1 Å². The number of rotatable bonds is 4. The number of hydrogen-bond donors (Lipinski definition) is 0. The van der Waals surface area contributed by atoms with Crippen LogP contribution >= 0.6 is 11.8 Å². The highest BCUT2D eigenvalue weighted by Crippen LogP contribution is 2.02. The third-order valence-corrected chi connectivity index (χ3v) is 1.93. The van der Waals surface area contributed by atoms with Gasteiger partial charge in [0.1, 0.15) is 12.0 Å². The molecule has 0 N–H and O–H groups in total. The third kappa shape index (κ3) is 4.89. The van der Waals surface area contributed by atoms with E-state index in [1.165, 1.54) is 11.5 Å². The number of hydrogen-bond acceptors (Lipinski definition) is 4. The van der Waals surface area contributed by atoms with E-state index >= 15 is 0 Å². The van der Waals surface area contributed by atoms with Gasteiger partial charge in [-0.1, -0.05) is 30.3 Å². The smallest absolute Gasteiger partial charge is 0.331 e. The first kappa shape index (κ1) is 11.3. The van der Waals surface area contributed by atoms with Gasteiger partial charge in [0.05, 0.1) is 0 Å². The number of ether oxygens (including phenoxy) is 1. The van der Waals surface area contributed by atoms with Crippen molar-refractivity contribution in [3.05, 3.63) is 47.4 Å². The molecule has 0 aliphatic heterocycles. The molecule has 3 nitrogen and oxygen atoms in total. The molecule has 0 saturated carbocycles. The molecular weight excluding hydrogens is 210 g/mol. The molecule has 0 saturated heterocycles. The molecule has 0 heterocycles. The number of thiocyanates is 1. The molecule has 0 radical (unpaired) electrons. The van der Waals surface area contributed by atoms with Crippen LogP contribution in [0, 0.1) is 10.7 Å². The molecule has 1 aromatic rings. The van der Waals surface area contributed by atoms with E-state index in [1.807, 2.05) is 35.7 Å². The summed E-state index contributed by atoms with van der Waals surface area (Å²) in [4.78, 5) is 11.1. The molecule has 0 aromatic heterocycles. The van der Waals surface area contributed by atoms with E-state index in [9.17, 15) is 4.79 Å². The molecule has 0 unspecified atom stereocenters. The Labute approximate surface area is 92.4 Å². The highest BCUT2D eigenvalue weighted by Gasteiger charge is 1.97. The van der Waals surface area contributed by atoms with E-state index in [4.69, 9.17) is 10.00 Å². The van der Waals surface area contributed by atoms with Gasteiger partial charge in [0.25, 0.3) is 0 Å². The number of carbonyl (C=O) groups is 1. The van der Waals surface area contributed by atoms with Crippen molar-refractivity contribution in [2.45, 2.75) is 6.61 Å². The topological polar surface area (TPSA) is 50.1 Å². The predicted molar refractivity (Wildman–Crippen MR) is 58.6 cm³/mol. The predicted octanol–water partition coefficient (Wildman–Crippen LogP) is 2.46. The van der Waals surface area contributed by atoms with Crippen LogP contribution in [-0.4, -0.2) is 5.97 Å². The first-order valence-electron chi connectivity index (χ1n) is 4.25. The first-order chi connectivity index (χ1) is 7.33. The summed E-state index contributed by atoms with van der Waals surface area (Å²) < 4.78 is 4.93. The fourth-order valence-corrected chi connectivity index (χ4v) is 1.14. The largest absolute Gasteiger partial charge is 0.458 e. The zero-order chi connectivity index (χ0) is 10.9. The van der Waals surface area contributed by atoms with Crippen LogP contribution in [0.5, 0.6) is 0 Å². The van der Waals surface area contributed by atoms with E-state index in [2.05, 4.69) is 0 Å².